The molecule has 134 valence electrons. The Bertz CT molecular complexity index is 692. The van der Waals surface area contributed by atoms with Gasteiger partial charge >= 0.3 is 0 Å². The largest absolute Gasteiger partial charge is 0.489 e. The van der Waals surface area contributed by atoms with E-state index < -0.39 is 0 Å². The van der Waals surface area contributed by atoms with Gasteiger partial charge in [0.25, 0.3) is 0 Å². The minimum Gasteiger partial charge on any atom is -0.489 e. The quantitative estimate of drug-likeness (QED) is 0.555. The van der Waals surface area contributed by atoms with Crippen LogP contribution in [0, 0.1) is 30.1 Å². The number of hydrogen-bond donors (Lipinski definition) is 0. The molecule has 0 saturated heterocycles. The number of carbonyl (C=O) groups excluding carboxylic acids is 1. The Labute approximate surface area is 151 Å². The average Bonchev–Trinajstić information content (AvgIpc) is 2.97. The molecule has 0 amide bonds. The molecule has 0 unspecified atom stereocenters. The Hall–Kier alpha value is -1.57. The Morgan fingerprint density at radius 2 is 2.12 bits per heavy atom. The minimum atomic E-state index is 0.229. The van der Waals surface area contributed by atoms with Crippen molar-refractivity contribution in [1.29, 1.82) is 0 Å². The van der Waals surface area contributed by atoms with Crippen molar-refractivity contribution in [3.05, 3.63) is 41.5 Å². The number of rotatable bonds is 4. The van der Waals surface area contributed by atoms with Crippen LogP contribution in [0.4, 0.5) is 0 Å². The molecule has 4 rings (SSSR count). The van der Waals surface area contributed by atoms with Crippen molar-refractivity contribution in [3.8, 4) is 5.75 Å². The van der Waals surface area contributed by atoms with Crippen molar-refractivity contribution in [1.82, 2.24) is 0 Å². The van der Waals surface area contributed by atoms with Crippen LogP contribution in [-0.4, -0.2) is 12.9 Å². The second-order valence-corrected chi connectivity index (χ2v) is 8.65. The maximum atomic E-state index is 11.6. The lowest BCUT2D eigenvalue weighted by Gasteiger charge is -2.50. The lowest BCUT2D eigenvalue weighted by atomic mass is 9.54. The van der Waals surface area contributed by atoms with Gasteiger partial charge in [0.15, 0.2) is 0 Å². The topological polar surface area (TPSA) is 26.3 Å². The molecule has 2 heteroatoms. The van der Waals surface area contributed by atoms with Gasteiger partial charge in [0.1, 0.15) is 18.6 Å². The molecule has 25 heavy (non-hydrogen) atoms. The molecule has 0 N–H and O–H groups in total. The predicted molar refractivity (Wildman–Crippen MR) is 101 cm³/mol. The van der Waals surface area contributed by atoms with Gasteiger partial charge in [-0.3, -0.25) is 0 Å². The summed E-state index contributed by atoms with van der Waals surface area (Å²) in [7, 11) is 0. The van der Waals surface area contributed by atoms with Crippen LogP contribution in [-0.2, 0) is 11.2 Å². The highest BCUT2D eigenvalue weighted by atomic mass is 16.5. The van der Waals surface area contributed by atoms with Crippen LogP contribution in [0.5, 0.6) is 5.75 Å². The SMILES string of the molecule is C=CCOc1ccc(C)c2c1[C@H]1CC[C@]3(C)[C@@H](C=O)CC[C@H]3[C@@H]1CC2. The first-order valence-corrected chi connectivity index (χ1v) is 9.91. The summed E-state index contributed by atoms with van der Waals surface area (Å²) in [5.74, 6) is 3.36. The molecule has 0 aromatic heterocycles. The smallest absolute Gasteiger partial charge is 0.123 e. The molecule has 2 saturated carbocycles. The molecular formula is C23H30O2. The standard InChI is InChI=1S/C23H30O2/c1-4-13-25-21-10-5-15(2)17-7-8-18-19(22(17)21)11-12-23(3)16(14-24)6-9-20(18)23/h4-5,10,14,16,18-20H,1,6-9,11-13H2,2-3H3/t16-,18-,19+,20+,23-/m1/s1. The Morgan fingerprint density at radius 3 is 2.88 bits per heavy atom. The number of aryl methyl sites for hydroxylation is 1. The maximum Gasteiger partial charge on any atom is 0.123 e. The van der Waals surface area contributed by atoms with E-state index in [4.69, 9.17) is 4.74 Å². The van der Waals surface area contributed by atoms with Gasteiger partial charge in [-0.15, -0.1) is 0 Å². The molecule has 1 aromatic carbocycles. The monoisotopic (exact) mass is 338 g/mol. The first-order valence-electron chi connectivity index (χ1n) is 9.91. The Balaban J connectivity index is 1.73. The van der Waals surface area contributed by atoms with Gasteiger partial charge in [-0.2, -0.15) is 0 Å². The molecule has 2 nitrogen and oxygen atoms in total. The average molecular weight is 338 g/mol. The first kappa shape index (κ1) is 16.9. The van der Waals surface area contributed by atoms with Crippen LogP contribution < -0.4 is 4.74 Å². The molecule has 3 aliphatic carbocycles. The molecule has 0 heterocycles. The van der Waals surface area contributed by atoms with Crippen LogP contribution in [0.2, 0.25) is 0 Å². The molecule has 0 aliphatic heterocycles. The summed E-state index contributed by atoms with van der Waals surface area (Å²) in [5.41, 5.74) is 4.64. The van der Waals surface area contributed by atoms with Crippen molar-refractivity contribution in [2.75, 3.05) is 6.61 Å². The van der Waals surface area contributed by atoms with Crippen molar-refractivity contribution in [2.45, 2.75) is 58.3 Å². The van der Waals surface area contributed by atoms with Gasteiger partial charge in [0.2, 0.25) is 0 Å². The van der Waals surface area contributed by atoms with E-state index in [2.05, 4.69) is 32.6 Å². The lowest BCUT2D eigenvalue weighted by Crippen LogP contribution is -2.42. The molecule has 1 aromatic rings. The molecule has 2 fully saturated rings. The fraction of sp³-hybridized carbons (Fsp3) is 0.609. The van der Waals surface area contributed by atoms with E-state index in [1.165, 1.54) is 48.7 Å². The zero-order valence-electron chi connectivity index (χ0n) is 15.6. The van der Waals surface area contributed by atoms with E-state index >= 15 is 0 Å². The molecule has 0 spiro atoms. The van der Waals surface area contributed by atoms with E-state index in [-0.39, 0.29) is 11.3 Å². The summed E-state index contributed by atoms with van der Waals surface area (Å²) < 4.78 is 6.06. The maximum absolute atomic E-state index is 11.6. The number of carbonyl (C=O) groups is 1. The summed E-state index contributed by atoms with van der Waals surface area (Å²) >= 11 is 0. The van der Waals surface area contributed by atoms with Crippen molar-refractivity contribution in [3.63, 3.8) is 0 Å². The fourth-order valence-electron chi connectivity index (χ4n) is 6.39. The molecule has 0 radical (unpaired) electrons. The lowest BCUT2D eigenvalue weighted by molar-refractivity contribution is -0.115. The van der Waals surface area contributed by atoms with Crippen LogP contribution in [0.3, 0.4) is 0 Å². The Kier molecular flexibility index (Phi) is 4.25. The normalized spacial score (nSPS) is 36.1. The van der Waals surface area contributed by atoms with Gasteiger partial charge in [-0.25, -0.2) is 0 Å². The van der Waals surface area contributed by atoms with E-state index in [0.717, 1.165) is 18.6 Å². The third kappa shape index (κ3) is 2.48. The van der Waals surface area contributed by atoms with Gasteiger partial charge in [-0.1, -0.05) is 25.6 Å². The van der Waals surface area contributed by atoms with Crippen LogP contribution in [0.25, 0.3) is 0 Å². The molecule has 3 aliphatic rings. The number of hydrogen-bond acceptors (Lipinski definition) is 2. The van der Waals surface area contributed by atoms with E-state index in [0.29, 0.717) is 24.4 Å². The van der Waals surface area contributed by atoms with Crippen molar-refractivity contribution >= 4 is 6.29 Å². The van der Waals surface area contributed by atoms with E-state index in [9.17, 15) is 4.79 Å². The van der Waals surface area contributed by atoms with Gasteiger partial charge < -0.3 is 9.53 Å². The molecule has 5 atom stereocenters. The van der Waals surface area contributed by atoms with E-state index in [1.807, 2.05) is 6.08 Å². The minimum absolute atomic E-state index is 0.229. The highest BCUT2D eigenvalue weighted by Gasteiger charge is 2.55. The van der Waals surface area contributed by atoms with Gasteiger partial charge in [0, 0.05) is 11.5 Å². The summed E-state index contributed by atoms with van der Waals surface area (Å²) in [6.07, 6.45) is 10.2. The molecule has 0 bridgehead atoms. The van der Waals surface area contributed by atoms with Crippen molar-refractivity contribution < 1.29 is 9.53 Å². The number of fused-ring (bicyclic) bond motifs is 5. The predicted octanol–water partition coefficient (Wildman–Crippen LogP) is 5.23. The first-order chi connectivity index (χ1) is 12.1. The second-order valence-electron chi connectivity index (χ2n) is 8.65. The summed E-state index contributed by atoms with van der Waals surface area (Å²) in [6, 6.07) is 4.37. The Morgan fingerprint density at radius 1 is 1.28 bits per heavy atom. The third-order valence-corrected chi connectivity index (χ3v) is 7.68. The third-order valence-electron chi connectivity index (χ3n) is 7.68. The summed E-state index contributed by atoms with van der Waals surface area (Å²) in [6.45, 7) is 9.00. The number of benzene rings is 1. The van der Waals surface area contributed by atoms with E-state index in [1.54, 1.807) is 0 Å². The zero-order chi connectivity index (χ0) is 17.6. The molecular weight excluding hydrogens is 308 g/mol. The summed E-state index contributed by atoms with van der Waals surface area (Å²) in [4.78, 5) is 11.6. The van der Waals surface area contributed by atoms with Crippen molar-refractivity contribution in [2.24, 2.45) is 23.2 Å². The number of aldehydes is 1. The second kappa shape index (κ2) is 6.30. The van der Waals surface area contributed by atoms with Gasteiger partial charge in [-0.05, 0) is 85.8 Å². The number of ether oxygens (including phenoxy) is 1. The fourth-order valence-corrected chi connectivity index (χ4v) is 6.39. The van der Waals surface area contributed by atoms with Crippen LogP contribution >= 0.6 is 0 Å². The zero-order valence-corrected chi connectivity index (χ0v) is 15.6. The summed E-state index contributed by atoms with van der Waals surface area (Å²) in [5, 5.41) is 0. The van der Waals surface area contributed by atoms with Gasteiger partial charge in [0.05, 0.1) is 0 Å². The van der Waals surface area contributed by atoms with Crippen LogP contribution in [0.15, 0.2) is 24.8 Å². The highest BCUT2D eigenvalue weighted by Crippen LogP contribution is 2.63. The van der Waals surface area contributed by atoms with Crippen LogP contribution in [0.1, 0.15) is 61.6 Å². The highest BCUT2D eigenvalue weighted by molar-refractivity contribution is 5.56.